The third-order valence-electron chi connectivity index (χ3n) is 0.985. The smallest absolute Gasteiger partial charge is 0.228 e. The van der Waals surface area contributed by atoms with E-state index >= 15 is 0 Å². The summed E-state index contributed by atoms with van der Waals surface area (Å²) in [7, 11) is 0. The average Bonchev–Trinajstić information content (AvgIpc) is 1.85. The molecule has 0 heterocycles. The van der Waals surface area contributed by atoms with Gasteiger partial charge >= 0.3 is 0 Å². The van der Waals surface area contributed by atoms with Crippen LogP contribution in [0.1, 0.15) is 26.2 Å². The molecular weight excluding hydrogens is 119 g/mol. The van der Waals surface area contributed by atoms with Crippen molar-refractivity contribution in [1.29, 1.82) is 0 Å². The Balaban J connectivity index is 3.36. The second-order valence-electron chi connectivity index (χ2n) is 1.81. The summed E-state index contributed by atoms with van der Waals surface area (Å²) in [5.74, 6) is -0.369. The van der Waals surface area contributed by atoms with Crippen molar-refractivity contribution in [2.75, 3.05) is 0 Å². The molecule has 0 saturated carbocycles. The van der Waals surface area contributed by atoms with Crippen LogP contribution in [0.15, 0.2) is 11.9 Å². The number of hydrogen-bond donors (Lipinski definition) is 0. The van der Waals surface area contributed by atoms with E-state index in [1.807, 2.05) is 6.92 Å². The van der Waals surface area contributed by atoms with Crippen molar-refractivity contribution in [2.24, 2.45) is 0 Å². The van der Waals surface area contributed by atoms with Crippen molar-refractivity contribution in [1.82, 2.24) is 0 Å². The van der Waals surface area contributed by atoms with E-state index in [2.05, 4.69) is 0 Å². The van der Waals surface area contributed by atoms with E-state index in [0.717, 1.165) is 18.9 Å². The molecule has 0 unspecified atom stereocenters. The molecule has 0 aliphatic rings. The fourth-order valence-electron chi connectivity index (χ4n) is 0.482. The Kier molecular flexibility index (Phi) is 5.07. The maximum Gasteiger partial charge on any atom is 0.228 e. The minimum Gasteiger partial charge on any atom is -0.285 e. The van der Waals surface area contributed by atoms with E-state index < -0.39 is 0 Å². The second-order valence-corrected chi connectivity index (χ2v) is 1.81. The molecule has 9 heavy (non-hydrogen) atoms. The Morgan fingerprint density at radius 3 is 2.89 bits per heavy atom. The first-order valence-electron chi connectivity index (χ1n) is 3.03. The van der Waals surface area contributed by atoms with Gasteiger partial charge in [-0.2, -0.15) is 0 Å². The highest BCUT2D eigenvalue weighted by Crippen LogP contribution is 2.06. The molecule has 1 nitrogen and oxygen atoms in total. The molecule has 0 fully saturated rings. The molecule has 0 aromatic carbocycles. The molecule has 0 aliphatic carbocycles. The van der Waals surface area contributed by atoms with Gasteiger partial charge in [-0.3, -0.25) is 4.79 Å². The molecule has 0 atom stereocenters. The van der Waals surface area contributed by atoms with Crippen molar-refractivity contribution in [3.05, 3.63) is 11.9 Å². The van der Waals surface area contributed by atoms with E-state index in [-0.39, 0.29) is 5.83 Å². The first-order valence-corrected chi connectivity index (χ1v) is 3.03. The standard InChI is InChI=1S/C7H10FO/c1-2-3-4-7(8)5-6-9/h5H,2-4H2,1H3. The second kappa shape index (κ2) is 5.48. The molecule has 0 spiro atoms. The highest BCUT2D eigenvalue weighted by atomic mass is 19.1. The summed E-state index contributed by atoms with van der Waals surface area (Å²) >= 11 is 0. The predicted octanol–water partition coefficient (Wildman–Crippen LogP) is 2.14. The summed E-state index contributed by atoms with van der Waals surface area (Å²) in [5.41, 5.74) is 0. The van der Waals surface area contributed by atoms with Gasteiger partial charge in [-0.25, -0.2) is 4.39 Å². The van der Waals surface area contributed by atoms with Crippen molar-refractivity contribution in [2.45, 2.75) is 26.2 Å². The van der Waals surface area contributed by atoms with E-state index in [1.54, 1.807) is 0 Å². The summed E-state index contributed by atoms with van der Waals surface area (Å²) in [4.78, 5) is 9.54. The monoisotopic (exact) mass is 129 g/mol. The molecular formula is C7H10FO. The minimum absolute atomic E-state index is 0.367. The fourth-order valence-corrected chi connectivity index (χ4v) is 0.482. The number of hydrogen-bond acceptors (Lipinski definition) is 1. The Bertz CT molecular complexity index is 107. The van der Waals surface area contributed by atoms with Crippen molar-refractivity contribution in [3.63, 3.8) is 0 Å². The lowest BCUT2D eigenvalue weighted by Crippen LogP contribution is -1.75. The molecule has 51 valence electrons. The van der Waals surface area contributed by atoms with E-state index in [4.69, 9.17) is 0 Å². The van der Waals surface area contributed by atoms with Crippen LogP contribution in [0.4, 0.5) is 4.39 Å². The quantitative estimate of drug-likeness (QED) is 0.531. The lowest BCUT2D eigenvalue weighted by atomic mass is 10.2. The molecule has 0 bridgehead atoms. The van der Waals surface area contributed by atoms with Gasteiger partial charge in [-0.05, 0) is 12.8 Å². The zero-order valence-electron chi connectivity index (χ0n) is 5.48. The van der Waals surface area contributed by atoms with Crippen LogP contribution in [-0.4, -0.2) is 6.29 Å². The molecule has 0 N–H and O–H groups in total. The normalized spacial score (nSPS) is 11.6. The summed E-state index contributed by atoms with van der Waals surface area (Å²) in [5, 5.41) is 0. The molecule has 0 rings (SSSR count). The lowest BCUT2D eigenvalue weighted by molar-refractivity contribution is 0.552. The average molecular weight is 129 g/mol. The van der Waals surface area contributed by atoms with Crippen molar-refractivity contribution in [3.8, 4) is 0 Å². The van der Waals surface area contributed by atoms with Gasteiger partial charge in [-0.1, -0.05) is 13.3 Å². The lowest BCUT2D eigenvalue weighted by Gasteiger charge is -1.89. The number of carbonyl (C=O) groups excluding carboxylic acids is 1. The van der Waals surface area contributed by atoms with Crippen molar-refractivity contribution >= 4 is 6.29 Å². The number of unbranched alkanes of at least 4 members (excludes halogenated alkanes) is 1. The maximum atomic E-state index is 12.2. The topological polar surface area (TPSA) is 17.1 Å². The van der Waals surface area contributed by atoms with Crippen LogP contribution in [0, 0.1) is 0 Å². The Hall–Kier alpha value is -0.660. The highest BCUT2D eigenvalue weighted by Gasteiger charge is 1.91. The molecule has 0 aromatic heterocycles. The Morgan fingerprint density at radius 2 is 2.44 bits per heavy atom. The van der Waals surface area contributed by atoms with Crippen LogP contribution < -0.4 is 0 Å². The summed E-state index contributed by atoms with van der Waals surface area (Å²) in [6.07, 6.45) is 4.34. The van der Waals surface area contributed by atoms with Crippen LogP contribution in [0.2, 0.25) is 0 Å². The maximum absolute atomic E-state index is 12.2. The van der Waals surface area contributed by atoms with Gasteiger partial charge in [0.05, 0.1) is 0 Å². The van der Waals surface area contributed by atoms with Gasteiger partial charge in [0.2, 0.25) is 6.29 Å². The fraction of sp³-hybridized carbons (Fsp3) is 0.571. The van der Waals surface area contributed by atoms with Gasteiger partial charge in [0.25, 0.3) is 0 Å². The number of rotatable bonds is 4. The SMILES string of the molecule is CCCCC(F)=C[C]=O. The molecule has 0 aliphatic heterocycles. The molecule has 0 saturated heterocycles. The van der Waals surface area contributed by atoms with Crippen LogP contribution in [0.25, 0.3) is 0 Å². The summed E-state index contributed by atoms with van der Waals surface area (Å²) < 4.78 is 12.2. The van der Waals surface area contributed by atoms with Gasteiger partial charge < -0.3 is 0 Å². The van der Waals surface area contributed by atoms with E-state index in [9.17, 15) is 9.18 Å². The van der Waals surface area contributed by atoms with Crippen LogP contribution in [0.3, 0.4) is 0 Å². The summed E-state index contributed by atoms with van der Waals surface area (Å²) in [6.45, 7) is 1.97. The van der Waals surface area contributed by atoms with E-state index in [1.165, 1.54) is 6.29 Å². The Morgan fingerprint density at radius 1 is 1.78 bits per heavy atom. The van der Waals surface area contributed by atoms with Gasteiger partial charge in [0.15, 0.2) is 0 Å². The largest absolute Gasteiger partial charge is 0.285 e. The predicted molar refractivity (Wildman–Crippen MR) is 34.4 cm³/mol. The van der Waals surface area contributed by atoms with E-state index in [0.29, 0.717) is 6.42 Å². The van der Waals surface area contributed by atoms with Crippen LogP contribution in [0.5, 0.6) is 0 Å². The highest BCUT2D eigenvalue weighted by molar-refractivity contribution is 5.66. The van der Waals surface area contributed by atoms with Gasteiger partial charge in [0, 0.05) is 6.08 Å². The van der Waals surface area contributed by atoms with Gasteiger partial charge in [0.1, 0.15) is 5.83 Å². The van der Waals surface area contributed by atoms with Crippen LogP contribution in [-0.2, 0) is 4.79 Å². The molecule has 1 radical (unpaired) electrons. The molecule has 0 amide bonds. The zero-order chi connectivity index (χ0) is 7.11. The summed E-state index contributed by atoms with van der Waals surface area (Å²) in [6, 6.07) is 0. The first kappa shape index (κ1) is 8.34. The third-order valence-corrected chi connectivity index (χ3v) is 0.985. The third kappa shape index (κ3) is 5.21. The molecule has 0 aromatic rings. The number of allylic oxidation sites excluding steroid dienone is 2. The zero-order valence-corrected chi connectivity index (χ0v) is 5.48. The van der Waals surface area contributed by atoms with Crippen molar-refractivity contribution < 1.29 is 9.18 Å². The van der Waals surface area contributed by atoms with Gasteiger partial charge in [-0.15, -0.1) is 0 Å². The minimum atomic E-state index is -0.369. The van der Waals surface area contributed by atoms with Crippen LogP contribution >= 0.6 is 0 Å². The Labute approximate surface area is 54.6 Å². The molecule has 2 heteroatoms. The number of halogens is 1. The first-order chi connectivity index (χ1) is 4.31.